The van der Waals surface area contributed by atoms with Gasteiger partial charge in [0.25, 0.3) is 0 Å². The molecule has 3 rings (SSSR count). The van der Waals surface area contributed by atoms with Crippen LogP contribution in [0, 0.1) is 0 Å². The summed E-state index contributed by atoms with van der Waals surface area (Å²) in [7, 11) is 1.58. The summed E-state index contributed by atoms with van der Waals surface area (Å²) in [5.41, 5.74) is 2.36. The normalized spacial score (nSPS) is 16.1. The smallest absolute Gasteiger partial charge is 0.303 e. The molecule has 0 saturated heterocycles. The lowest BCUT2D eigenvalue weighted by Crippen LogP contribution is -2.27. The first-order chi connectivity index (χ1) is 13.0. The molecule has 0 unspecified atom stereocenters. The van der Waals surface area contributed by atoms with E-state index in [0.29, 0.717) is 22.9 Å². The maximum Gasteiger partial charge on any atom is 0.303 e. The van der Waals surface area contributed by atoms with Gasteiger partial charge in [0.05, 0.1) is 25.3 Å². The van der Waals surface area contributed by atoms with Gasteiger partial charge in [-0.05, 0) is 29.8 Å². The predicted molar refractivity (Wildman–Crippen MR) is 102 cm³/mol. The van der Waals surface area contributed by atoms with Gasteiger partial charge in [-0.3, -0.25) is 9.59 Å². The van der Waals surface area contributed by atoms with Crippen LogP contribution in [0.2, 0.25) is 5.02 Å². The summed E-state index contributed by atoms with van der Waals surface area (Å²) in [6.45, 7) is 0. The lowest BCUT2D eigenvalue weighted by molar-refractivity contribution is -0.141. The van der Waals surface area contributed by atoms with Crippen molar-refractivity contribution in [3.63, 3.8) is 0 Å². The van der Waals surface area contributed by atoms with Gasteiger partial charge in [-0.25, -0.2) is 5.01 Å². The van der Waals surface area contributed by atoms with E-state index in [1.54, 1.807) is 19.2 Å². The third-order valence-electron chi connectivity index (χ3n) is 4.37. The van der Waals surface area contributed by atoms with Crippen LogP contribution in [0.3, 0.4) is 0 Å². The fourth-order valence-corrected chi connectivity index (χ4v) is 3.29. The zero-order valence-electron chi connectivity index (χ0n) is 14.8. The van der Waals surface area contributed by atoms with E-state index in [9.17, 15) is 9.59 Å². The van der Waals surface area contributed by atoms with E-state index in [0.717, 1.165) is 11.1 Å². The Kier molecular flexibility index (Phi) is 5.76. The number of rotatable bonds is 6. The van der Waals surface area contributed by atoms with Crippen molar-refractivity contribution in [1.29, 1.82) is 0 Å². The molecule has 1 aliphatic heterocycles. The zero-order valence-corrected chi connectivity index (χ0v) is 15.5. The molecular weight excluding hydrogens is 368 g/mol. The Bertz CT molecular complexity index is 897. The van der Waals surface area contributed by atoms with Crippen molar-refractivity contribution >= 4 is 29.2 Å². The highest BCUT2D eigenvalue weighted by Crippen LogP contribution is 2.36. The number of hydrazone groups is 1. The third-order valence-corrected chi connectivity index (χ3v) is 4.61. The van der Waals surface area contributed by atoms with Gasteiger partial charge in [0.2, 0.25) is 5.91 Å². The van der Waals surface area contributed by atoms with Gasteiger partial charge in [-0.1, -0.05) is 35.9 Å². The number of carboxylic acids is 1. The summed E-state index contributed by atoms with van der Waals surface area (Å²) < 4.78 is 5.41. The van der Waals surface area contributed by atoms with Gasteiger partial charge in [0, 0.05) is 23.4 Å². The Morgan fingerprint density at radius 1 is 1.22 bits per heavy atom. The monoisotopic (exact) mass is 386 g/mol. The summed E-state index contributed by atoms with van der Waals surface area (Å²) in [5, 5.41) is 15.3. The first-order valence-corrected chi connectivity index (χ1v) is 8.87. The minimum Gasteiger partial charge on any atom is -0.496 e. The maximum absolute atomic E-state index is 12.6. The molecule has 0 saturated carbocycles. The van der Waals surface area contributed by atoms with Gasteiger partial charge >= 0.3 is 5.97 Å². The van der Waals surface area contributed by atoms with Crippen LogP contribution in [-0.2, 0) is 9.59 Å². The number of para-hydroxylation sites is 1. The van der Waals surface area contributed by atoms with Crippen molar-refractivity contribution in [2.75, 3.05) is 7.11 Å². The second-order valence-electron chi connectivity index (χ2n) is 6.15. The third kappa shape index (κ3) is 4.28. The number of carbonyl (C=O) groups is 2. The van der Waals surface area contributed by atoms with Crippen LogP contribution < -0.4 is 4.74 Å². The van der Waals surface area contributed by atoms with Crippen LogP contribution in [-0.4, -0.2) is 34.8 Å². The number of carbonyl (C=O) groups excluding carboxylic acids is 1. The molecule has 2 aromatic carbocycles. The van der Waals surface area contributed by atoms with Gasteiger partial charge in [-0.2, -0.15) is 5.10 Å². The molecular formula is C20H19ClN2O4. The van der Waals surface area contributed by atoms with Crippen molar-refractivity contribution in [1.82, 2.24) is 5.01 Å². The van der Waals surface area contributed by atoms with Gasteiger partial charge in [0.15, 0.2) is 0 Å². The fraction of sp³-hybridized carbons (Fsp3) is 0.250. The van der Waals surface area contributed by atoms with Crippen molar-refractivity contribution in [3.05, 3.63) is 64.7 Å². The van der Waals surface area contributed by atoms with Crippen LogP contribution in [0.15, 0.2) is 53.6 Å². The molecule has 1 heterocycles. The summed E-state index contributed by atoms with van der Waals surface area (Å²) >= 11 is 6.12. The highest BCUT2D eigenvalue weighted by atomic mass is 35.5. The SMILES string of the molecule is COc1ccccc1C1=NN(C(=O)CCC(=O)O)[C@@H](c2cccc(Cl)c2)C1. The standard InChI is InChI=1S/C20H19ClN2O4/c1-27-18-8-3-2-7-15(18)16-12-17(13-5-4-6-14(21)11-13)23(22-16)19(24)9-10-20(25)26/h2-8,11,17H,9-10,12H2,1H3,(H,25,26)/t17-/m1/s1. The molecule has 0 fully saturated rings. The number of amides is 1. The minimum absolute atomic E-state index is 0.116. The Labute approximate surface area is 162 Å². The largest absolute Gasteiger partial charge is 0.496 e. The van der Waals surface area contributed by atoms with Gasteiger partial charge < -0.3 is 9.84 Å². The Morgan fingerprint density at radius 2 is 2.00 bits per heavy atom. The summed E-state index contributed by atoms with van der Waals surface area (Å²) in [4.78, 5) is 23.5. The van der Waals surface area contributed by atoms with E-state index in [4.69, 9.17) is 21.4 Å². The molecule has 7 heteroatoms. The van der Waals surface area contributed by atoms with Gasteiger partial charge in [-0.15, -0.1) is 0 Å². The van der Waals surface area contributed by atoms with Crippen molar-refractivity contribution in [2.45, 2.75) is 25.3 Å². The minimum atomic E-state index is -1.02. The number of hydrogen-bond acceptors (Lipinski definition) is 4. The summed E-state index contributed by atoms with van der Waals surface area (Å²) in [6, 6.07) is 14.4. The average molecular weight is 387 g/mol. The summed E-state index contributed by atoms with van der Waals surface area (Å²) in [6.07, 6.45) is 0.131. The van der Waals surface area contributed by atoms with Crippen LogP contribution in [0.5, 0.6) is 5.75 Å². The fourth-order valence-electron chi connectivity index (χ4n) is 3.09. The van der Waals surface area contributed by atoms with Crippen LogP contribution in [0.4, 0.5) is 0 Å². The number of carboxylic acid groups (broad SMARTS) is 1. The molecule has 1 aliphatic rings. The first kappa shape index (κ1) is 18.9. The Hall–Kier alpha value is -2.86. The lowest BCUT2D eigenvalue weighted by Gasteiger charge is -2.22. The molecule has 1 amide bonds. The molecule has 2 aromatic rings. The van der Waals surface area contributed by atoms with E-state index in [1.165, 1.54) is 5.01 Å². The van der Waals surface area contributed by atoms with E-state index in [-0.39, 0.29) is 24.8 Å². The molecule has 0 spiro atoms. The highest BCUT2D eigenvalue weighted by molar-refractivity contribution is 6.30. The van der Waals surface area contributed by atoms with E-state index in [2.05, 4.69) is 5.10 Å². The van der Waals surface area contributed by atoms with Crippen LogP contribution >= 0.6 is 11.6 Å². The van der Waals surface area contributed by atoms with Crippen molar-refractivity contribution < 1.29 is 19.4 Å². The quantitative estimate of drug-likeness (QED) is 0.816. The lowest BCUT2D eigenvalue weighted by atomic mass is 9.98. The van der Waals surface area contributed by atoms with E-state index in [1.807, 2.05) is 36.4 Å². The number of methoxy groups -OCH3 is 1. The molecule has 1 atom stereocenters. The topological polar surface area (TPSA) is 79.2 Å². The highest BCUT2D eigenvalue weighted by Gasteiger charge is 2.34. The molecule has 0 bridgehead atoms. The van der Waals surface area contributed by atoms with Gasteiger partial charge in [0.1, 0.15) is 5.75 Å². The second kappa shape index (κ2) is 8.22. The number of aliphatic carboxylic acids is 1. The number of halogens is 1. The number of benzene rings is 2. The Balaban J connectivity index is 1.96. The number of ether oxygens (including phenoxy) is 1. The van der Waals surface area contributed by atoms with Crippen LogP contribution in [0.1, 0.15) is 36.4 Å². The molecule has 0 aromatic heterocycles. The number of nitrogens with zero attached hydrogens (tertiary/aromatic N) is 2. The maximum atomic E-state index is 12.6. The molecule has 140 valence electrons. The van der Waals surface area contributed by atoms with Crippen LogP contribution in [0.25, 0.3) is 0 Å². The first-order valence-electron chi connectivity index (χ1n) is 8.49. The van der Waals surface area contributed by atoms with E-state index >= 15 is 0 Å². The van der Waals surface area contributed by atoms with E-state index < -0.39 is 5.97 Å². The number of hydrogen-bond donors (Lipinski definition) is 1. The molecule has 0 aliphatic carbocycles. The predicted octanol–water partition coefficient (Wildman–Crippen LogP) is 3.89. The Morgan fingerprint density at radius 3 is 2.70 bits per heavy atom. The van der Waals surface area contributed by atoms with Crippen molar-refractivity contribution in [3.8, 4) is 5.75 Å². The zero-order chi connectivity index (χ0) is 19.4. The molecule has 1 N–H and O–H groups in total. The molecule has 27 heavy (non-hydrogen) atoms. The summed E-state index contributed by atoms with van der Waals surface area (Å²) in [5.74, 6) is -0.691. The molecule has 0 radical (unpaired) electrons. The molecule has 6 nitrogen and oxygen atoms in total. The average Bonchev–Trinajstić information content (AvgIpc) is 3.11. The van der Waals surface area contributed by atoms with Crippen molar-refractivity contribution in [2.24, 2.45) is 5.10 Å². The second-order valence-corrected chi connectivity index (χ2v) is 6.59.